The normalized spacial score (nSPS) is 10.4. The Hall–Kier alpha value is -1.88. The number of nitrogens with two attached hydrogens (primary N) is 1. The lowest BCUT2D eigenvalue weighted by Crippen LogP contribution is -2.25. The van der Waals surface area contributed by atoms with Crippen LogP contribution in [0, 0.1) is 0 Å². The summed E-state index contributed by atoms with van der Waals surface area (Å²) in [4.78, 5) is 16.2. The van der Waals surface area contributed by atoms with Crippen LogP contribution in [0.3, 0.4) is 0 Å². The third-order valence-electron chi connectivity index (χ3n) is 2.90. The van der Waals surface area contributed by atoms with Crippen molar-refractivity contribution < 1.29 is 4.79 Å². The van der Waals surface area contributed by atoms with E-state index >= 15 is 0 Å². The second-order valence-corrected chi connectivity index (χ2v) is 5.57. The van der Waals surface area contributed by atoms with Gasteiger partial charge in [0.1, 0.15) is 5.01 Å². The van der Waals surface area contributed by atoms with Gasteiger partial charge in [-0.1, -0.05) is 25.5 Å². The van der Waals surface area contributed by atoms with Crippen LogP contribution in [0.15, 0.2) is 29.6 Å². The van der Waals surface area contributed by atoms with Gasteiger partial charge in [-0.25, -0.2) is 4.98 Å². The van der Waals surface area contributed by atoms with E-state index < -0.39 is 0 Å². The molecule has 0 bridgehead atoms. The van der Waals surface area contributed by atoms with Crippen LogP contribution in [0.2, 0.25) is 0 Å². The highest BCUT2D eigenvalue weighted by Crippen LogP contribution is 2.23. The van der Waals surface area contributed by atoms with Gasteiger partial charge < -0.3 is 11.1 Å². The Kier molecular flexibility index (Phi) is 5.12. The molecule has 3 N–H and O–H groups in total. The Morgan fingerprint density at radius 1 is 1.45 bits per heavy atom. The second kappa shape index (κ2) is 7.05. The number of carbonyl (C=O) groups is 1. The number of rotatable bonds is 6. The Morgan fingerprint density at radius 2 is 2.30 bits per heavy atom. The summed E-state index contributed by atoms with van der Waals surface area (Å²) in [7, 11) is 0. The van der Waals surface area contributed by atoms with Crippen molar-refractivity contribution in [1.29, 1.82) is 0 Å². The van der Waals surface area contributed by atoms with Gasteiger partial charge >= 0.3 is 0 Å². The standard InChI is InChI=1S/C15H19N3OS/c1-2-3-7-17-14(19)9-15-18-13(10-20-15)11-5-4-6-12(16)8-11/h4-6,8,10H,2-3,7,9,16H2,1H3,(H,17,19). The van der Waals surface area contributed by atoms with Crippen molar-refractivity contribution in [2.45, 2.75) is 26.2 Å². The van der Waals surface area contributed by atoms with Crippen molar-refractivity contribution in [2.75, 3.05) is 12.3 Å². The molecule has 106 valence electrons. The maximum absolute atomic E-state index is 11.7. The molecular weight excluding hydrogens is 270 g/mol. The fourth-order valence-electron chi connectivity index (χ4n) is 1.83. The van der Waals surface area contributed by atoms with Gasteiger partial charge in [-0.2, -0.15) is 0 Å². The van der Waals surface area contributed by atoms with E-state index in [4.69, 9.17) is 5.73 Å². The smallest absolute Gasteiger partial charge is 0.226 e. The van der Waals surface area contributed by atoms with E-state index in [2.05, 4.69) is 17.2 Å². The molecule has 20 heavy (non-hydrogen) atoms. The molecule has 0 spiro atoms. The largest absolute Gasteiger partial charge is 0.399 e. The summed E-state index contributed by atoms with van der Waals surface area (Å²) < 4.78 is 0. The Labute approximate surface area is 123 Å². The first-order valence-corrected chi connectivity index (χ1v) is 7.64. The zero-order chi connectivity index (χ0) is 14.4. The van der Waals surface area contributed by atoms with Crippen LogP contribution in [0.4, 0.5) is 5.69 Å². The first kappa shape index (κ1) is 14.5. The van der Waals surface area contributed by atoms with Crippen LogP contribution in [-0.4, -0.2) is 17.4 Å². The van der Waals surface area contributed by atoms with Gasteiger partial charge in [0.15, 0.2) is 0 Å². The molecule has 2 rings (SSSR count). The first-order valence-electron chi connectivity index (χ1n) is 6.76. The monoisotopic (exact) mass is 289 g/mol. The molecule has 1 amide bonds. The quantitative estimate of drug-likeness (QED) is 0.634. The minimum atomic E-state index is 0.0342. The summed E-state index contributed by atoms with van der Waals surface area (Å²) in [6, 6.07) is 7.61. The molecule has 1 aromatic carbocycles. The number of hydrogen-bond acceptors (Lipinski definition) is 4. The van der Waals surface area contributed by atoms with Gasteiger partial charge in [-0.05, 0) is 18.6 Å². The maximum Gasteiger partial charge on any atom is 0.226 e. The first-order chi connectivity index (χ1) is 9.69. The van der Waals surface area contributed by atoms with E-state index in [1.807, 2.05) is 29.6 Å². The number of unbranched alkanes of at least 4 members (excludes halogenated alkanes) is 1. The third-order valence-corrected chi connectivity index (χ3v) is 3.75. The molecule has 2 aromatic rings. The SMILES string of the molecule is CCCCNC(=O)Cc1nc(-c2cccc(N)c2)cs1. The van der Waals surface area contributed by atoms with Crippen molar-refractivity contribution in [3.05, 3.63) is 34.7 Å². The fraction of sp³-hybridized carbons (Fsp3) is 0.333. The highest BCUT2D eigenvalue weighted by Gasteiger charge is 2.08. The minimum absolute atomic E-state index is 0.0342. The van der Waals surface area contributed by atoms with Crippen LogP contribution in [0.5, 0.6) is 0 Å². The topological polar surface area (TPSA) is 68.0 Å². The van der Waals surface area contributed by atoms with Crippen LogP contribution >= 0.6 is 11.3 Å². The lowest BCUT2D eigenvalue weighted by molar-refractivity contribution is -0.120. The van der Waals surface area contributed by atoms with Crippen molar-refractivity contribution in [1.82, 2.24) is 10.3 Å². The maximum atomic E-state index is 11.7. The molecule has 0 saturated heterocycles. The predicted molar refractivity (Wildman–Crippen MR) is 83.6 cm³/mol. The van der Waals surface area contributed by atoms with Crippen LogP contribution in [-0.2, 0) is 11.2 Å². The number of benzene rings is 1. The molecule has 0 aliphatic rings. The highest BCUT2D eigenvalue weighted by atomic mass is 32.1. The van der Waals surface area contributed by atoms with E-state index in [0.717, 1.165) is 35.7 Å². The summed E-state index contributed by atoms with van der Waals surface area (Å²) in [6.07, 6.45) is 2.44. The van der Waals surface area contributed by atoms with Crippen molar-refractivity contribution >= 4 is 22.9 Å². The lowest BCUT2D eigenvalue weighted by atomic mass is 10.1. The lowest BCUT2D eigenvalue weighted by Gasteiger charge is -2.02. The number of nitrogens with zero attached hydrogens (tertiary/aromatic N) is 1. The zero-order valence-electron chi connectivity index (χ0n) is 11.6. The number of thiazole rings is 1. The van der Waals surface area contributed by atoms with E-state index in [0.29, 0.717) is 12.1 Å². The number of nitrogen functional groups attached to an aromatic ring is 1. The zero-order valence-corrected chi connectivity index (χ0v) is 12.4. The highest BCUT2D eigenvalue weighted by molar-refractivity contribution is 7.10. The van der Waals surface area contributed by atoms with E-state index in [9.17, 15) is 4.79 Å². The third kappa shape index (κ3) is 4.06. The molecule has 0 fully saturated rings. The van der Waals surface area contributed by atoms with Gasteiger partial charge in [0.05, 0.1) is 12.1 Å². The summed E-state index contributed by atoms with van der Waals surface area (Å²) >= 11 is 1.51. The number of anilines is 1. The minimum Gasteiger partial charge on any atom is -0.399 e. The Bertz CT molecular complexity index is 580. The summed E-state index contributed by atoms with van der Waals surface area (Å²) in [5.41, 5.74) is 8.34. The molecule has 1 heterocycles. The molecule has 0 saturated carbocycles. The van der Waals surface area contributed by atoms with Crippen molar-refractivity contribution in [3.63, 3.8) is 0 Å². The fourth-order valence-corrected chi connectivity index (χ4v) is 2.63. The molecule has 5 heteroatoms. The van der Waals surface area contributed by atoms with Crippen LogP contribution in [0.1, 0.15) is 24.8 Å². The molecular formula is C15H19N3OS. The molecule has 0 aliphatic carbocycles. The van der Waals surface area contributed by atoms with E-state index in [1.54, 1.807) is 0 Å². The second-order valence-electron chi connectivity index (χ2n) is 4.63. The van der Waals surface area contributed by atoms with E-state index in [1.165, 1.54) is 11.3 Å². The van der Waals surface area contributed by atoms with Crippen LogP contribution < -0.4 is 11.1 Å². The van der Waals surface area contributed by atoms with Gasteiger partial charge in [0.2, 0.25) is 5.91 Å². The average Bonchev–Trinajstić information content (AvgIpc) is 2.87. The predicted octanol–water partition coefficient (Wildman–Crippen LogP) is 2.85. The van der Waals surface area contributed by atoms with Gasteiger partial charge in [-0.3, -0.25) is 4.79 Å². The van der Waals surface area contributed by atoms with Gasteiger partial charge in [0, 0.05) is 23.2 Å². The van der Waals surface area contributed by atoms with Crippen molar-refractivity contribution in [2.24, 2.45) is 0 Å². The molecule has 1 aromatic heterocycles. The molecule has 0 unspecified atom stereocenters. The number of nitrogens with one attached hydrogen (secondary N) is 1. The number of amides is 1. The van der Waals surface area contributed by atoms with Gasteiger partial charge in [0.25, 0.3) is 0 Å². The number of hydrogen-bond donors (Lipinski definition) is 2. The van der Waals surface area contributed by atoms with E-state index in [-0.39, 0.29) is 5.91 Å². The average molecular weight is 289 g/mol. The Morgan fingerprint density at radius 3 is 3.05 bits per heavy atom. The molecule has 0 atom stereocenters. The molecule has 0 aliphatic heterocycles. The van der Waals surface area contributed by atoms with Crippen LogP contribution in [0.25, 0.3) is 11.3 Å². The molecule has 0 radical (unpaired) electrons. The van der Waals surface area contributed by atoms with Crippen molar-refractivity contribution in [3.8, 4) is 11.3 Å². The number of carbonyl (C=O) groups excluding carboxylic acids is 1. The number of aromatic nitrogens is 1. The molecule has 4 nitrogen and oxygen atoms in total. The van der Waals surface area contributed by atoms with Gasteiger partial charge in [-0.15, -0.1) is 11.3 Å². The Balaban J connectivity index is 1.97. The summed E-state index contributed by atoms with van der Waals surface area (Å²) in [5, 5.41) is 5.69. The summed E-state index contributed by atoms with van der Waals surface area (Å²) in [5.74, 6) is 0.0342. The summed E-state index contributed by atoms with van der Waals surface area (Å²) in [6.45, 7) is 2.84.